The van der Waals surface area contributed by atoms with Crippen molar-refractivity contribution in [3.8, 4) is 6.07 Å². The third-order valence-electron chi connectivity index (χ3n) is 2.89. The van der Waals surface area contributed by atoms with Gasteiger partial charge in [0.05, 0.1) is 17.9 Å². The van der Waals surface area contributed by atoms with E-state index in [2.05, 4.69) is 27.3 Å². The number of rotatable bonds is 2. The minimum Gasteiger partial charge on any atom is -0.457 e. The minimum atomic E-state index is -0.687. The van der Waals surface area contributed by atoms with Crippen molar-refractivity contribution in [3.05, 3.63) is 22.6 Å². The van der Waals surface area contributed by atoms with Gasteiger partial charge in [0, 0.05) is 0 Å². The van der Waals surface area contributed by atoms with Gasteiger partial charge < -0.3 is 9.73 Å². The normalized spacial score (nSPS) is 18.0. The summed E-state index contributed by atoms with van der Waals surface area (Å²) in [6.07, 6.45) is 4.86. The van der Waals surface area contributed by atoms with Gasteiger partial charge in [0.2, 0.25) is 0 Å². The zero-order chi connectivity index (χ0) is 11.6. The summed E-state index contributed by atoms with van der Waals surface area (Å²) in [5, 5.41) is 11.9. The Balaban J connectivity index is 2.13. The molecule has 1 heterocycles. The molecule has 0 saturated heterocycles. The number of furan rings is 1. The molecule has 1 N–H and O–H groups in total. The summed E-state index contributed by atoms with van der Waals surface area (Å²) in [7, 11) is 0. The first-order valence-electron chi connectivity index (χ1n) is 5.14. The molecule has 0 radical (unpaired) electrons. The summed E-state index contributed by atoms with van der Waals surface area (Å²) in [5.41, 5.74) is -0.255. The van der Waals surface area contributed by atoms with Gasteiger partial charge in [-0.25, -0.2) is 0 Å². The highest BCUT2D eigenvalue weighted by molar-refractivity contribution is 9.10. The van der Waals surface area contributed by atoms with E-state index in [4.69, 9.17) is 9.68 Å². The number of hydrogen-bond donors (Lipinski definition) is 1. The van der Waals surface area contributed by atoms with Crippen LogP contribution in [0.2, 0.25) is 0 Å². The molecule has 4 nitrogen and oxygen atoms in total. The largest absolute Gasteiger partial charge is 0.457 e. The Bertz CT molecular complexity index is 441. The maximum absolute atomic E-state index is 11.9. The van der Waals surface area contributed by atoms with Gasteiger partial charge in [0.25, 0.3) is 5.91 Å². The second kappa shape index (κ2) is 4.30. The van der Waals surface area contributed by atoms with Gasteiger partial charge in [-0.3, -0.25) is 4.79 Å². The van der Waals surface area contributed by atoms with E-state index in [0.717, 1.165) is 25.7 Å². The number of nitrogens with zero attached hydrogens (tertiary/aromatic N) is 1. The van der Waals surface area contributed by atoms with Crippen molar-refractivity contribution in [3.63, 3.8) is 0 Å². The molecule has 1 amide bonds. The number of hydrogen-bond acceptors (Lipinski definition) is 3. The van der Waals surface area contributed by atoms with Gasteiger partial charge in [-0.1, -0.05) is 0 Å². The molecule has 16 heavy (non-hydrogen) atoms. The van der Waals surface area contributed by atoms with Gasteiger partial charge in [-0.2, -0.15) is 5.26 Å². The van der Waals surface area contributed by atoms with Crippen molar-refractivity contribution in [2.75, 3.05) is 0 Å². The first-order chi connectivity index (χ1) is 7.67. The van der Waals surface area contributed by atoms with Crippen LogP contribution in [0.1, 0.15) is 36.0 Å². The Morgan fingerprint density at radius 2 is 2.25 bits per heavy atom. The highest BCUT2D eigenvalue weighted by Gasteiger charge is 2.36. The molecule has 0 bridgehead atoms. The monoisotopic (exact) mass is 282 g/mol. The summed E-state index contributed by atoms with van der Waals surface area (Å²) in [5.74, 6) is -0.260. The topological polar surface area (TPSA) is 66.0 Å². The highest BCUT2D eigenvalue weighted by atomic mass is 79.9. The average Bonchev–Trinajstić information content (AvgIpc) is 2.87. The smallest absolute Gasteiger partial charge is 0.257 e. The lowest BCUT2D eigenvalue weighted by Gasteiger charge is -2.21. The third kappa shape index (κ3) is 1.98. The summed E-state index contributed by atoms with van der Waals surface area (Å²) >= 11 is 3.15. The Morgan fingerprint density at radius 3 is 2.75 bits per heavy atom. The molecular weight excluding hydrogens is 272 g/mol. The number of amides is 1. The molecule has 1 aromatic heterocycles. The van der Waals surface area contributed by atoms with Gasteiger partial charge >= 0.3 is 0 Å². The Morgan fingerprint density at radius 1 is 1.56 bits per heavy atom. The Hall–Kier alpha value is -1.28. The number of carbonyl (C=O) groups excluding carboxylic acids is 1. The quantitative estimate of drug-likeness (QED) is 0.907. The van der Waals surface area contributed by atoms with Gasteiger partial charge in [0.1, 0.15) is 5.54 Å². The molecule has 1 aliphatic carbocycles. The van der Waals surface area contributed by atoms with E-state index in [0.29, 0.717) is 10.2 Å². The third-order valence-corrected chi connectivity index (χ3v) is 3.50. The predicted octanol–water partition coefficient (Wildman–Crippen LogP) is 2.61. The minimum absolute atomic E-state index is 0.260. The van der Waals surface area contributed by atoms with Crippen molar-refractivity contribution < 1.29 is 9.21 Å². The van der Waals surface area contributed by atoms with Crippen LogP contribution in [0, 0.1) is 11.3 Å². The summed E-state index contributed by atoms with van der Waals surface area (Å²) in [6.45, 7) is 0. The summed E-state index contributed by atoms with van der Waals surface area (Å²) in [6, 6.07) is 3.79. The maximum Gasteiger partial charge on any atom is 0.257 e. The van der Waals surface area contributed by atoms with Crippen LogP contribution in [-0.2, 0) is 0 Å². The fraction of sp³-hybridized carbons (Fsp3) is 0.455. The van der Waals surface area contributed by atoms with E-state index in [-0.39, 0.29) is 5.91 Å². The lowest BCUT2D eigenvalue weighted by molar-refractivity contribution is 0.0919. The number of halogens is 1. The molecule has 1 fully saturated rings. The lowest BCUT2D eigenvalue weighted by atomic mass is 9.99. The van der Waals surface area contributed by atoms with E-state index in [1.54, 1.807) is 6.07 Å². The van der Waals surface area contributed by atoms with Crippen LogP contribution < -0.4 is 5.32 Å². The van der Waals surface area contributed by atoms with E-state index in [1.165, 1.54) is 6.26 Å². The van der Waals surface area contributed by atoms with Crippen LogP contribution in [0.4, 0.5) is 0 Å². The number of carbonyl (C=O) groups is 1. The van der Waals surface area contributed by atoms with E-state index >= 15 is 0 Å². The van der Waals surface area contributed by atoms with Gasteiger partial charge in [0.15, 0.2) is 4.67 Å². The van der Waals surface area contributed by atoms with Crippen molar-refractivity contribution in [1.82, 2.24) is 5.32 Å². The van der Waals surface area contributed by atoms with Crippen LogP contribution >= 0.6 is 15.9 Å². The molecule has 0 spiro atoms. The zero-order valence-electron chi connectivity index (χ0n) is 8.62. The molecule has 0 atom stereocenters. The SMILES string of the molecule is N#CC1(NC(=O)c2ccoc2Br)CCCC1. The van der Waals surface area contributed by atoms with Crippen LogP contribution in [-0.4, -0.2) is 11.4 Å². The standard InChI is InChI=1S/C11H11BrN2O2/c12-9-8(3-6-16-9)10(15)14-11(7-13)4-1-2-5-11/h3,6H,1-2,4-5H2,(H,14,15). The van der Waals surface area contributed by atoms with Gasteiger partial charge in [-0.05, 0) is 47.7 Å². The number of nitrogens with one attached hydrogen (secondary N) is 1. The fourth-order valence-electron chi connectivity index (χ4n) is 1.98. The second-order valence-electron chi connectivity index (χ2n) is 3.96. The van der Waals surface area contributed by atoms with Crippen LogP contribution in [0.15, 0.2) is 21.4 Å². The highest BCUT2D eigenvalue weighted by Crippen LogP contribution is 2.29. The fourth-order valence-corrected chi connectivity index (χ4v) is 2.40. The number of nitriles is 1. The molecule has 0 aromatic carbocycles. The van der Waals surface area contributed by atoms with Crippen LogP contribution in [0.5, 0.6) is 0 Å². The summed E-state index contributed by atoms with van der Waals surface area (Å²) < 4.78 is 5.39. The van der Waals surface area contributed by atoms with E-state index in [9.17, 15) is 4.79 Å². The molecule has 1 aliphatic rings. The van der Waals surface area contributed by atoms with Gasteiger partial charge in [-0.15, -0.1) is 0 Å². The molecule has 1 aromatic rings. The molecule has 84 valence electrons. The van der Waals surface area contributed by atoms with Crippen molar-refractivity contribution in [1.29, 1.82) is 5.26 Å². The molecule has 0 aliphatic heterocycles. The zero-order valence-corrected chi connectivity index (χ0v) is 10.2. The Kier molecular flexibility index (Phi) is 3.01. The van der Waals surface area contributed by atoms with Crippen molar-refractivity contribution in [2.24, 2.45) is 0 Å². The van der Waals surface area contributed by atoms with Crippen molar-refractivity contribution in [2.45, 2.75) is 31.2 Å². The average molecular weight is 283 g/mol. The first kappa shape index (κ1) is 11.2. The Labute approximate surface area is 102 Å². The summed E-state index contributed by atoms with van der Waals surface area (Å²) in [4.78, 5) is 11.9. The maximum atomic E-state index is 11.9. The predicted molar refractivity (Wildman–Crippen MR) is 60.7 cm³/mol. The molecule has 2 rings (SSSR count). The van der Waals surface area contributed by atoms with E-state index in [1.807, 2.05) is 0 Å². The van der Waals surface area contributed by atoms with Crippen molar-refractivity contribution >= 4 is 21.8 Å². The van der Waals surface area contributed by atoms with E-state index < -0.39 is 5.54 Å². The molecule has 0 unspecified atom stereocenters. The second-order valence-corrected chi connectivity index (χ2v) is 4.68. The van der Waals surface area contributed by atoms with Crippen LogP contribution in [0.3, 0.4) is 0 Å². The first-order valence-corrected chi connectivity index (χ1v) is 5.93. The lowest BCUT2D eigenvalue weighted by Crippen LogP contribution is -2.45. The molecular formula is C11H11BrN2O2. The van der Waals surface area contributed by atoms with Crippen LogP contribution in [0.25, 0.3) is 0 Å². The molecule has 1 saturated carbocycles. The molecule has 5 heteroatoms.